The lowest BCUT2D eigenvalue weighted by molar-refractivity contribution is 0.669. The molecule has 1 N–H and O–H groups in total. The first-order chi connectivity index (χ1) is 8.79. The molecule has 0 atom stereocenters. The molecule has 0 aliphatic heterocycles. The molecule has 0 bridgehead atoms. The molecule has 1 fully saturated rings. The standard InChI is InChI=1S/C15H22BrNS/c1-2-9-17-11-12-10-13(16)7-8-15(12)18-14-5-3-4-6-14/h7-8,10,14,17H,2-6,9,11H2,1H3. The van der Waals surface area contributed by atoms with Crippen molar-refractivity contribution in [3.63, 3.8) is 0 Å². The van der Waals surface area contributed by atoms with Crippen LogP contribution in [0.1, 0.15) is 44.6 Å². The highest BCUT2D eigenvalue weighted by Crippen LogP contribution is 2.37. The summed E-state index contributed by atoms with van der Waals surface area (Å²) in [5, 5.41) is 4.35. The molecule has 100 valence electrons. The van der Waals surface area contributed by atoms with E-state index in [0.29, 0.717) is 0 Å². The van der Waals surface area contributed by atoms with Crippen LogP contribution in [0.3, 0.4) is 0 Å². The maximum atomic E-state index is 3.58. The van der Waals surface area contributed by atoms with Crippen molar-refractivity contribution in [1.82, 2.24) is 5.32 Å². The van der Waals surface area contributed by atoms with Crippen LogP contribution < -0.4 is 5.32 Å². The first-order valence-electron chi connectivity index (χ1n) is 6.95. The molecule has 0 heterocycles. The Balaban J connectivity index is 2.02. The van der Waals surface area contributed by atoms with Crippen molar-refractivity contribution >= 4 is 27.7 Å². The number of nitrogens with one attached hydrogen (secondary N) is 1. The fraction of sp³-hybridized carbons (Fsp3) is 0.600. The smallest absolute Gasteiger partial charge is 0.0217 e. The summed E-state index contributed by atoms with van der Waals surface area (Å²) in [6.07, 6.45) is 6.81. The third-order valence-electron chi connectivity index (χ3n) is 3.36. The second kappa shape index (κ2) is 7.56. The Hall–Kier alpha value is 0.01000. The molecular formula is C15H22BrNS. The van der Waals surface area contributed by atoms with Crippen molar-refractivity contribution < 1.29 is 0 Å². The summed E-state index contributed by atoms with van der Waals surface area (Å²) in [6.45, 7) is 4.30. The lowest BCUT2D eigenvalue weighted by Crippen LogP contribution is -2.14. The van der Waals surface area contributed by atoms with Crippen LogP contribution in [0, 0.1) is 0 Å². The minimum absolute atomic E-state index is 0.844. The normalized spacial score (nSPS) is 16.3. The number of benzene rings is 1. The van der Waals surface area contributed by atoms with E-state index in [9.17, 15) is 0 Å². The van der Waals surface area contributed by atoms with E-state index in [0.717, 1.165) is 18.3 Å². The first-order valence-corrected chi connectivity index (χ1v) is 8.62. The Morgan fingerprint density at radius 3 is 2.83 bits per heavy atom. The molecule has 1 aromatic carbocycles. The highest BCUT2D eigenvalue weighted by Gasteiger charge is 2.17. The van der Waals surface area contributed by atoms with Crippen molar-refractivity contribution in [2.45, 2.75) is 55.7 Å². The number of rotatable bonds is 6. The predicted octanol–water partition coefficient (Wildman–Crippen LogP) is 4.98. The van der Waals surface area contributed by atoms with Gasteiger partial charge in [-0.1, -0.05) is 35.7 Å². The topological polar surface area (TPSA) is 12.0 Å². The average molecular weight is 328 g/mol. The highest BCUT2D eigenvalue weighted by molar-refractivity contribution is 9.10. The zero-order valence-electron chi connectivity index (χ0n) is 11.0. The molecule has 2 rings (SSSR count). The lowest BCUT2D eigenvalue weighted by atomic mass is 10.2. The Bertz CT molecular complexity index is 375. The van der Waals surface area contributed by atoms with E-state index >= 15 is 0 Å². The van der Waals surface area contributed by atoms with Gasteiger partial charge in [-0.3, -0.25) is 0 Å². The number of thioether (sulfide) groups is 1. The first kappa shape index (κ1) is 14.4. The summed E-state index contributed by atoms with van der Waals surface area (Å²) in [5.74, 6) is 0. The Morgan fingerprint density at radius 1 is 1.33 bits per heavy atom. The summed E-state index contributed by atoms with van der Waals surface area (Å²) < 4.78 is 1.19. The molecule has 1 saturated carbocycles. The van der Waals surface area contributed by atoms with E-state index < -0.39 is 0 Å². The third kappa shape index (κ3) is 4.29. The van der Waals surface area contributed by atoms with Crippen LogP contribution in [0.15, 0.2) is 27.6 Å². The highest BCUT2D eigenvalue weighted by atomic mass is 79.9. The zero-order chi connectivity index (χ0) is 12.8. The van der Waals surface area contributed by atoms with E-state index in [2.05, 4.69) is 58.1 Å². The number of hydrogen-bond donors (Lipinski definition) is 1. The van der Waals surface area contributed by atoms with E-state index in [-0.39, 0.29) is 0 Å². The maximum absolute atomic E-state index is 3.58. The molecule has 0 spiro atoms. The van der Waals surface area contributed by atoms with E-state index in [4.69, 9.17) is 0 Å². The summed E-state index contributed by atoms with van der Waals surface area (Å²) in [4.78, 5) is 1.47. The Morgan fingerprint density at radius 2 is 2.11 bits per heavy atom. The van der Waals surface area contributed by atoms with Crippen molar-refractivity contribution in [2.24, 2.45) is 0 Å². The van der Waals surface area contributed by atoms with Gasteiger partial charge in [0.1, 0.15) is 0 Å². The fourth-order valence-corrected chi connectivity index (χ4v) is 4.15. The van der Waals surface area contributed by atoms with Gasteiger partial charge in [0.25, 0.3) is 0 Å². The summed E-state index contributed by atoms with van der Waals surface area (Å²) in [7, 11) is 0. The van der Waals surface area contributed by atoms with Crippen molar-refractivity contribution in [3.8, 4) is 0 Å². The fourth-order valence-electron chi connectivity index (χ4n) is 2.39. The van der Waals surface area contributed by atoms with Gasteiger partial charge in [0.05, 0.1) is 0 Å². The minimum atomic E-state index is 0.844. The van der Waals surface area contributed by atoms with E-state index in [1.807, 2.05) is 0 Å². The second-order valence-electron chi connectivity index (χ2n) is 4.95. The average Bonchev–Trinajstić information content (AvgIpc) is 2.86. The molecule has 0 unspecified atom stereocenters. The summed E-state index contributed by atoms with van der Waals surface area (Å²) in [5.41, 5.74) is 1.44. The van der Waals surface area contributed by atoms with Crippen LogP contribution in [0.4, 0.5) is 0 Å². The molecule has 1 aliphatic rings. The van der Waals surface area contributed by atoms with Gasteiger partial charge in [-0.25, -0.2) is 0 Å². The molecule has 1 aromatic rings. The summed E-state index contributed by atoms with van der Waals surface area (Å²) in [6, 6.07) is 6.70. The van der Waals surface area contributed by atoms with Gasteiger partial charge in [0, 0.05) is 21.2 Å². The molecule has 0 amide bonds. The number of hydrogen-bond acceptors (Lipinski definition) is 2. The quantitative estimate of drug-likeness (QED) is 0.739. The van der Waals surface area contributed by atoms with Crippen LogP contribution >= 0.6 is 27.7 Å². The van der Waals surface area contributed by atoms with E-state index in [1.165, 1.54) is 47.0 Å². The molecule has 1 aliphatic carbocycles. The van der Waals surface area contributed by atoms with Gasteiger partial charge in [-0.2, -0.15) is 0 Å². The monoisotopic (exact) mass is 327 g/mol. The SMILES string of the molecule is CCCNCc1cc(Br)ccc1SC1CCCC1. The molecular weight excluding hydrogens is 306 g/mol. The molecule has 0 aromatic heterocycles. The largest absolute Gasteiger partial charge is 0.313 e. The molecule has 3 heteroatoms. The van der Waals surface area contributed by atoms with Crippen molar-refractivity contribution in [3.05, 3.63) is 28.2 Å². The molecule has 1 nitrogen and oxygen atoms in total. The van der Waals surface area contributed by atoms with Crippen LogP contribution in [-0.4, -0.2) is 11.8 Å². The van der Waals surface area contributed by atoms with Crippen LogP contribution in [-0.2, 0) is 6.54 Å². The van der Waals surface area contributed by atoms with Gasteiger partial charge in [0.2, 0.25) is 0 Å². The van der Waals surface area contributed by atoms with Crippen LogP contribution in [0.2, 0.25) is 0 Å². The van der Waals surface area contributed by atoms with Crippen LogP contribution in [0.25, 0.3) is 0 Å². The van der Waals surface area contributed by atoms with Crippen molar-refractivity contribution in [1.29, 1.82) is 0 Å². The van der Waals surface area contributed by atoms with E-state index in [1.54, 1.807) is 0 Å². The number of halogens is 1. The van der Waals surface area contributed by atoms with Crippen LogP contribution in [0.5, 0.6) is 0 Å². The van der Waals surface area contributed by atoms with Gasteiger partial charge < -0.3 is 5.32 Å². The zero-order valence-corrected chi connectivity index (χ0v) is 13.4. The Kier molecular flexibility index (Phi) is 6.06. The second-order valence-corrected chi connectivity index (χ2v) is 7.21. The van der Waals surface area contributed by atoms with Gasteiger partial charge >= 0.3 is 0 Å². The van der Waals surface area contributed by atoms with Crippen molar-refractivity contribution in [2.75, 3.05) is 6.54 Å². The Labute approximate surface area is 123 Å². The minimum Gasteiger partial charge on any atom is -0.313 e. The molecule has 0 radical (unpaired) electrons. The molecule has 0 saturated heterocycles. The third-order valence-corrected chi connectivity index (χ3v) is 5.31. The summed E-state index contributed by atoms with van der Waals surface area (Å²) >= 11 is 5.66. The predicted molar refractivity (Wildman–Crippen MR) is 84.3 cm³/mol. The maximum Gasteiger partial charge on any atom is 0.0217 e. The lowest BCUT2D eigenvalue weighted by Gasteiger charge is -2.14. The van der Waals surface area contributed by atoms with Gasteiger partial charge in [-0.05, 0) is 49.6 Å². The molecule has 18 heavy (non-hydrogen) atoms. The van der Waals surface area contributed by atoms with Gasteiger partial charge in [0.15, 0.2) is 0 Å². The van der Waals surface area contributed by atoms with Gasteiger partial charge in [-0.15, -0.1) is 11.8 Å².